The highest BCUT2D eigenvalue weighted by molar-refractivity contribution is 9.11. The van der Waals surface area contributed by atoms with Crippen molar-refractivity contribution in [2.24, 2.45) is 0 Å². The molecule has 0 spiro atoms. The van der Waals surface area contributed by atoms with Crippen molar-refractivity contribution in [3.05, 3.63) is 56.5 Å². The number of methoxy groups -OCH3 is 1. The van der Waals surface area contributed by atoms with Crippen LogP contribution in [0.15, 0.2) is 45.3 Å². The Morgan fingerprint density at radius 3 is 2.31 bits per heavy atom. The third-order valence-corrected chi connectivity index (χ3v) is 6.11. The van der Waals surface area contributed by atoms with Crippen molar-refractivity contribution < 1.29 is 19.1 Å². The summed E-state index contributed by atoms with van der Waals surface area (Å²) >= 11 is 7.15. The van der Waals surface area contributed by atoms with E-state index in [-0.39, 0.29) is 11.8 Å². The number of nitrogens with zero attached hydrogens (tertiary/aromatic N) is 1. The molecule has 0 aliphatic heterocycles. The van der Waals surface area contributed by atoms with E-state index in [0.29, 0.717) is 39.0 Å². The molecule has 2 rings (SSSR count). The molecule has 0 saturated carbocycles. The molecular weight excluding hydrogens is 540 g/mol. The van der Waals surface area contributed by atoms with Gasteiger partial charge in [0.1, 0.15) is 11.5 Å². The lowest BCUT2D eigenvalue weighted by Crippen LogP contribution is -2.27. The van der Waals surface area contributed by atoms with Gasteiger partial charge in [0.15, 0.2) is 0 Å². The fraction of sp³-hybridized carbons (Fsp3) is 0.417. The average Bonchev–Trinajstić information content (AvgIpc) is 2.78. The zero-order valence-corrected chi connectivity index (χ0v) is 21.9. The van der Waals surface area contributed by atoms with Crippen LogP contribution in [0.25, 0.3) is 0 Å². The molecule has 6 nitrogen and oxygen atoms in total. The molecule has 32 heavy (non-hydrogen) atoms. The molecule has 0 unspecified atom stereocenters. The first-order valence-electron chi connectivity index (χ1n) is 10.6. The Kier molecular flexibility index (Phi) is 11.0. The number of ether oxygens (including phenoxy) is 2. The van der Waals surface area contributed by atoms with Gasteiger partial charge >= 0.3 is 0 Å². The van der Waals surface area contributed by atoms with Crippen LogP contribution < -0.4 is 14.8 Å². The van der Waals surface area contributed by atoms with E-state index in [1.54, 1.807) is 12.0 Å². The minimum atomic E-state index is -0.0200. The summed E-state index contributed by atoms with van der Waals surface area (Å²) in [4.78, 5) is 25.5. The maximum atomic E-state index is 12.1. The smallest absolute Gasteiger partial charge is 0.224 e. The van der Waals surface area contributed by atoms with E-state index in [4.69, 9.17) is 9.47 Å². The third kappa shape index (κ3) is 8.47. The molecule has 2 aromatic carbocycles. The van der Waals surface area contributed by atoms with Gasteiger partial charge in [0, 0.05) is 26.6 Å². The zero-order chi connectivity index (χ0) is 23.5. The first kappa shape index (κ1) is 26.2. The van der Waals surface area contributed by atoms with Crippen molar-refractivity contribution in [3.63, 3.8) is 0 Å². The summed E-state index contributed by atoms with van der Waals surface area (Å²) in [5.74, 6) is 1.62. The van der Waals surface area contributed by atoms with Crippen LogP contribution in [0.4, 0.5) is 0 Å². The number of nitrogens with one attached hydrogen (secondary N) is 1. The Morgan fingerprint density at radius 1 is 1.06 bits per heavy atom. The molecule has 2 aromatic rings. The predicted molar refractivity (Wildman–Crippen MR) is 133 cm³/mol. The minimum absolute atomic E-state index is 0.0200. The quantitative estimate of drug-likeness (QED) is 0.374. The molecule has 0 bridgehead atoms. The summed E-state index contributed by atoms with van der Waals surface area (Å²) in [6.45, 7) is 3.56. The van der Waals surface area contributed by atoms with Crippen molar-refractivity contribution >= 4 is 43.7 Å². The molecular formula is C24H30Br2N2O4. The average molecular weight is 570 g/mol. The number of halogens is 2. The zero-order valence-electron chi connectivity index (χ0n) is 18.7. The van der Waals surface area contributed by atoms with Gasteiger partial charge in [-0.25, -0.2) is 0 Å². The van der Waals surface area contributed by atoms with Gasteiger partial charge in [0.2, 0.25) is 11.8 Å². The SMILES string of the molecule is CCC(=O)N(C)CCc1cc(Br)c(OCCCNC(=O)Cc2ccc(OC)cc2)c(Br)c1. The van der Waals surface area contributed by atoms with E-state index in [1.807, 2.05) is 50.4 Å². The summed E-state index contributed by atoms with van der Waals surface area (Å²) in [5.41, 5.74) is 2.05. The van der Waals surface area contributed by atoms with Crippen LogP contribution in [0, 0.1) is 0 Å². The molecule has 8 heteroatoms. The van der Waals surface area contributed by atoms with Crippen molar-refractivity contribution in [1.29, 1.82) is 0 Å². The molecule has 0 radical (unpaired) electrons. The van der Waals surface area contributed by atoms with Crippen molar-refractivity contribution in [1.82, 2.24) is 10.2 Å². The highest BCUT2D eigenvalue weighted by Gasteiger charge is 2.11. The Hall–Kier alpha value is -2.06. The summed E-state index contributed by atoms with van der Waals surface area (Å²) in [5, 5.41) is 2.92. The molecule has 0 aromatic heterocycles. The van der Waals surface area contributed by atoms with Gasteiger partial charge in [-0.15, -0.1) is 0 Å². The van der Waals surface area contributed by atoms with E-state index in [2.05, 4.69) is 37.2 Å². The maximum Gasteiger partial charge on any atom is 0.224 e. The highest BCUT2D eigenvalue weighted by Crippen LogP contribution is 2.35. The molecule has 0 saturated heterocycles. The van der Waals surface area contributed by atoms with Gasteiger partial charge in [-0.3, -0.25) is 9.59 Å². The molecule has 0 heterocycles. The molecule has 1 N–H and O–H groups in total. The number of rotatable bonds is 12. The maximum absolute atomic E-state index is 12.1. The van der Waals surface area contributed by atoms with E-state index >= 15 is 0 Å². The predicted octanol–water partition coefficient (Wildman–Crippen LogP) is 4.76. The van der Waals surface area contributed by atoms with Crippen LogP contribution in [-0.4, -0.2) is 50.6 Å². The molecule has 174 valence electrons. The molecule has 0 aliphatic carbocycles. The number of amides is 2. The summed E-state index contributed by atoms with van der Waals surface area (Å²) in [7, 11) is 3.44. The van der Waals surface area contributed by atoms with Gasteiger partial charge in [-0.05, 0) is 80.1 Å². The fourth-order valence-corrected chi connectivity index (χ4v) is 4.56. The van der Waals surface area contributed by atoms with Crippen LogP contribution in [0.2, 0.25) is 0 Å². The fourth-order valence-electron chi connectivity index (χ4n) is 3.05. The van der Waals surface area contributed by atoms with Crippen LogP contribution in [0.5, 0.6) is 11.5 Å². The van der Waals surface area contributed by atoms with E-state index in [9.17, 15) is 9.59 Å². The Morgan fingerprint density at radius 2 is 1.72 bits per heavy atom. The lowest BCUT2D eigenvalue weighted by molar-refractivity contribution is -0.129. The number of benzene rings is 2. The number of carbonyl (C=O) groups is 2. The highest BCUT2D eigenvalue weighted by atomic mass is 79.9. The number of hydrogen-bond acceptors (Lipinski definition) is 4. The van der Waals surface area contributed by atoms with Gasteiger partial charge < -0.3 is 19.7 Å². The standard InChI is InChI=1S/C24H30Br2N2O4/c1-4-23(30)28(2)12-10-18-14-20(25)24(21(26)15-18)32-13-5-11-27-22(29)16-17-6-8-19(31-3)9-7-17/h6-9,14-15H,4-5,10-13,16H2,1-3H3,(H,27,29). The summed E-state index contributed by atoms with van der Waals surface area (Å²) in [6.07, 6.45) is 2.31. The first-order chi connectivity index (χ1) is 15.3. The first-order valence-corrected chi connectivity index (χ1v) is 12.2. The second-order valence-corrected chi connectivity index (χ2v) is 9.09. The van der Waals surface area contributed by atoms with E-state index in [0.717, 1.165) is 38.0 Å². The largest absolute Gasteiger partial charge is 0.497 e. The van der Waals surface area contributed by atoms with E-state index in [1.165, 1.54) is 0 Å². The van der Waals surface area contributed by atoms with Crippen molar-refractivity contribution in [2.45, 2.75) is 32.6 Å². The second-order valence-electron chi connectivity index (χ2n) is 7.38. The number of carbonyl (C=O) groups excluding carboxylic acids is 2. The minimum Gasteiger partial charge on any atom is -0.497 e. The van der Waals surface area contributed by atoms with Gasteiger partial charge in [0.25, 0.3) is 0 Å². The summed E-state index contributed by atoms with van der Waals surface area (Å²) in [6, 6.07) is 11.5. The normalized spacial score (nSPS) is 10.5. The van der Waals surface area contributed by atoms with Crippen LogP contribution in [0.1, 0.15) is 30.9 Å². The lowest BCUT2D eigenvalue weighted by Gasteiger charge is -2.17. The lowest BCUT2D eigenvalue weighted by atomic mass is 10.1. The second kappa shape index (κ2) is 13.5. The number of hydrogen-bond donors (Lipinski definition) is 1. The van der Waals surface area contributed by atoms with E-state index < -0.39 is 0 Å². The molecule has 2 amide bonds. The molecule has 0 fully saturated rings. The number of likely N-dealkylation sites (N-methyl/N-ethyl adjacent to an activating group) is 1. The topological polar surface area (TPSA) is 67.9 Å². The Balaban J connectivity index is 1.74. The molecule has 0 atom stereocenters. The summed E-state index contributed by atoms with van der Waals surface area (Å²) < 4.78 is 12.7. The van der Waals surface area contributed by atoms with Gasteiger partial charge in [0.05, 0.1) is 29.1 Å². The molecule has 0 aliphatic rings. The Bertz CT molecular complexity index is 880. The van der Waals surface area contributed by atoms with Crippen LogP contribution in [0.3, 0.4) is 0 Å². The van der Waals surface area contributed by atoms with Crippen molar-refractivity contribution in [3.8, 4) is 11.5 Å². The van der Waals surface area contributed by atoms with Crippen molar-refractivity contribution in [2.75, 3.05) is 33.9 Å². The van der Waals surface area contributed by atoms with Crippen LogP contribution >= 0.6 is 31.9 Å². The van der Waals surface area contributed by atoms with Gasteiger partial charge in [-0.2, -0.15) is 0 Å². The van der Waals surface area contributed by atoms with Crippen LogP contribution in [-0.2, 0) is 22.4 Å². The van der Waals surface area contributed by atoms with Gasteiger partial charge in [-0.1, -0.05) is 19.1 Å². The third-order valence-electron chi connectivity index (χ3n) is 4.94. The Labute approximate surface area is 206 Å². The monoisotopic (exact) mass is 568 g/mol.